The van der Waals surface area contributed by atoms with E-state index in [1.807, 2.05) is 6.07 Å². The second-order valence-corrected chi connectivity index (χ2v) is 7.36. The zero-order valence-electron chi connectivity index (χ0n) is 17.5. The highest BCUT2D eigenvalue weighted by molar-refractivity contribution is 7.90. The Morgan fingerprint density at radius 3 is 1.79 bits per heavy atom. The lowest BCUT2D eigenvalue weighted by molar-refractivity contribution is 0.602. The maximum atomic E-state index is 11.6. The molecule has 1 aromatic carbocycles. The van der Waals surface area contributed by atoms with Gasteiger partial charge in [-0.15, -0.1) is 11.5 Å². The highest BCUT2D eigenvalue weighted by Gasteiger charge is 2.10. The minimum atomic E-state index is -3.44. The molecule has 0 spiro atoms. The second kappa shape index (κ2) is 14.9. The summed E-state index contributed by atoms with van der Waals surface area (Å²) in [6.07, 6.45) is 5.97. The molecule has 0 aliphatic carbocycles. The molecular weight excluding hydrogens is 444 g/mol. The van der Waals surface area contributed by atoms with Crippen molar-refractivity contribution >= 4 is 21.4 Å². The Labute approximate surface area is 199 Å². The van der Waals surface area contributed by atoms with Crippen LogP contribution in [0.15, 0.2) is 28.2 Å². The monoisotopic (exact) mass is 454 g/mol. The smallest absolute Gasteiger partial charge is 0.196 e. The Morgan fingerprint density at radius 1 is 0.882 bits per heavy atom. The molecule has 0 aromatic heterocycles. The van der Waals surface area contributed by atoms with Crippen LogP contribution in [-0.2, 0) is 9.84 Å². The highest BCUT2D eigenvalue weighted by atomic mass is 32.2. The Bertz CT molecular complexity index is 1720. The van der Waals surface area contributed by atoms with Gasteiger partial charge < -0.3 is 5.73 Å². The van der Waals surface area contributed by atoms with Crippen molar-refractivity contribution < 1.29 is 8.42 Å². The lowest BCUT2D eigenvalue weighted by Crippen LogP contribution is -2.11. The number of hydrogen-bond acceptors (Lipinski definition) is 5. The van der Waals surface area contributed by atoms with Gasteiger partial charge in [-0.2, -0.15) is 5.26 Å². The standard InChI is InChI=1S/C27H10N4O2S/c1-3-4-5-6-7-8-9-10-11-12-13-14-15-16-17-18-19-27(29)31-30-26-21-20-25(34(2,32)33)22-24(26)23-28/h1,20-22,30H,2H3,(H2,29,31). The van der Waals surface area contributed by atoms with Crippen molar-refractivity contribution in [1.82, 2.24) is 0 Å². The average molecular weight is 454 g/mol. The second-order valence-electron chi connectivity index (χ2n) is 5.34. The summed E-state index contributed by atoms with van der Waals surface area (Å²) in [5.74, 6) is 41.1. The van der Waals surface area contributed by atoms with E-state index in [1.165, 1.54) is 18.2 Å². The van der Waals surface area contributed by atoms with Crippen LogP contribution in [0.25, 0.3) is 0 Å². The Balaban J connectivity index is 2.68. The van der Waals surface area contributed by atoms with E-state index in [0.717, 1.165) is 6.26 Å². The maximum Gasteiger partial charge on any atom is 0.196 e. The SMILES string of the molecule is C#CC#CC#CC#CC#CC#CC#CC#CC#C/C(N)=N\Nc1ccc(S(C)(=O)=O)cc1C#N. The first kappa shape index (κ1) is 26.0. The molecule has 0 heterocycles. The van der Waals surface area contributed by atoms with Crippen molar-refractivity contribution in [1.29, 1.82) is 5.26 Å². The number of nitrogens with two attached hydrogens (primary N) is 1. The van der Waals surface area contributed by atoms with Gasteiger partial charge in [0.1, 0.15) is 6.07 Å². The van der Waals surface area contributed by atoms with E-state index < -0.39 is 9.84 Å². The number of rotatable bonds is 3. The molecule has 0 radical (unpaired) electrons. The van der Waals surface area contributed by atoms with Gasteiger partial charge in [0.25, 0.3) is 0 Å². The van der Waals surface area contributed by atoms with E-state index in [1.54, 1.807) is 0 Å². The van der Waals surface area contributed by atoms with Gasteiger partial charge in [-0.3, -0.25) is 5.43 Å². The van der Waals surface area contributed by atoms with Gasteiger partial charge >= 0.3 is 0 Å². The lowest BCUT2D eigenvalue weighted by atomic mass is 10.2. The molecule has 0 unspecified atom stereocenters. The van der Waals surface area contributed by atoms with Crippen LogP contribution in [-0.4, -0.2) is 20.5 Å². The fourth-order valence-electron chi connectivity index (χ4n) is 1.63. The van der Waals surface area contributed by atoms with E-state index in [9.17, 15) is 13.7 Å². The molecule has 0 saturated heterocycles. The molecule has 156 valence electrons. The first-order chi connectivity index (χ1) is 16.4. The van der Waals surface area contributed by atoms with Crippen LogP contribution < -0.4 is 11.2 Å². The van der Waals surface area contributed by atoms with Crippen LogP contribution in [0.1, 0.15) is 5.56 Å². The minimum absolute atomic E-state index is 0.0153. The predicted molar refractivity (Wildman–Crippen MR) is 131 cm³/mol. The fraction of sp³-hybridized carbons (Fsp3) is 0.0370. The first-order valence-electron chi connectivity index (χ1n) is 8.68. The number of terminal acetylenes is 1. The normalized spacial score (nSPS) is 7.91. The van der Waals surface area contributed by atoms with Crippen molar-refractivity contribution in [2.75, 3.05) is 11.7 Å². The van der Waals surface area contributed by atoms with E-state index in [4.69, 9.17) is 12.2 Å². The number of sulfone groups is 1. The summed E-state index contributed by atoms with van der Waals surface area (Å²) in [4.78, 5) is 0.0153. The fourth-order valence-corrected chi connectivity index (χ4v) is 2.28. The first-order valence-corrected chi connectivity index (χ1v) is 10.6. The number of nitriles is 1. The van der Waals surface area contributed by atoms with Crippen LogP contribution >= 0.6 is 0 Å². The molecule has 0 aliphatic rings. The quantitative estimate of drug-likeness (QED) is 0.296. The van der Waals surface area contributed by atoms with Crippen LogP contribution in [0.2, 0.25) is 0 Å². The third kappa shape index (κ3) is 11.2. The number of anilines is 1. The predicted octanol–water partition coefficient (Wildman–Crippen LogP) is 0.306. The maximum absolute atomic E-state index is 11.6. The van der Waals surface area contributed by atoms with Gasteiger partial charge in [-0.25, -0.2) is 8.42 Å². The zero-order chi connectivity index (χ0) is 25.1. The van der Waals surface area contributed by atoms with E-state index in [0.29, 0.717) is 0 Å². The molecule has 1 aromatic rings. The Morgan fingerprint density at radius 2 is 1.35 bits per heavy atom. The molecule has 3 N–H and O–H groups in total. The summed E-state index contributed by atoms with van der Waals surface area (Å²) < 4.78 is 23.1. The third-order valence-electron chi connectivity index (χ3n) is 2.97. The summed E-state index contributed by atoms with van der Waals surface area (Å²) in [6.45, 7) is 0. The van der Waals surface area contributed by atoms with Gasteiger partial charge in [-0.05, 0) is 119 Å². The van der Waals surface area contributed by atoms with Crippen LogP contribution in [0.5, 0.6) is 0 Å². The van der Waals surface area contributed by atoms with Crippen molar-refractivity contribution in [3.63, 3.8) is 0 Å². The molecule has 7 heteroatoms. The van der Waals surface area contributed by atoms with Gasteiger partial charge in [0.05, 0.1) is 16.1 Å². The average Bonchev–Trinajstić information content (AvgIpc) is 2.81. The summed E-state index contributed by atoms with van der Waals surface area (Å²) in [5, 5.41) is 13.0. The summed E-state index contributed by atoms with van der Waals surface area (Å²) in [5.41, 5.74) is 8.54. The van der Waals surface area contributed by atoms with Gasteiger partial charge in [0.2, 0.25) is 0 Å². The summed E-state index contributed by atoms with van der Waals surface area (Å²) in [6, 6.07) is 5.86. The van der Waals surface area contributed by atoms with E-state index in [2.05, 4.69) is 111 Å². The number of amidine groups is 1. The topological polar surface area (TPSA) is 108 Å². The number of nitrogens with zero attached hydrogens (tertiary/aromatic N) is 2. The van der Waals surface area contributed by atoms with E-state index in [-0.39, 0.29) is 22.0 Å². The van der Waals surface area contributed by atoms with Crippen molar-refractivity contribution in [3.8, 4) is 113 Å². The van der Waals surface area contributed by atoms with Gasteiger partial charge in [-0.1, -0.05) is 0 Å². The molecule has 0 fully saturated rings. The third-order valence-corrected chi connectivity index (χ3v) is 4.08. The van der Waals surface area contributed by atoms with Crippen molar-refractivity contribution in [2.45, 2.75) is 4.90 Å². The molecule has 0 amide bonds. The molecule has 1 rings (SSSR count). The molecule has 0 saturated carbocycles. The van der Waals surface area contributed by atoms with Gasteiger partial charge in [0, 0.05) is 6.26 Å². The molecule has 0 atom stereocenters. The van der Waals surface area contributed by atoms with E-state index >= 15 is 0 Å². The van der Waals surface area contributed by atoms with Crippen LogP contribution in [0, 0.1) is 118 Å². The highest BCUT2D eigenvalue weighted by Crippen LogP contribution is 2.19. The Kier molecular flexibility index (Phi) is 11.4. The van der Waals surface area contributed by atoms with Crippen LogP contribution in [0.3, 0.4) is 0 Å². The molecule has 6 nitrogen and oxygen atoms in total. The number of hydrogen-bond donors (Lipinski definition) is 2. The lowest BCUT2D eigenvalue weighted by Gasteiger charge is -2.05. The largest absolute Gasteiger partial charge is 0.375 e. The number of benzene rings is 1. The summed E-state index contributed by atoms with van der Waals surface area (Å²) in [7, 11) is -3.44. The molecule has 0 aliphatic heterocycles. The number of nitrogens with one attached hydrogen (secondary N) is 1. The molecular formula is C27H10N4O2S. The van der Waals surface area contributed by atoms with Crippen molar-refractivity contribution in [2.24, 2.45) is 10.8 Å². The Hall–Kier alpha value is -6.03. The number of hydrazone groups is 1. The minimum Gasteiger partial charge on any atom is -0.375 e. The zero-order valence-corrected chi connectivity index (χ0v) is 18.3. The molecule has 34 heavy (non-hydrogen) atoms. The van der Waals surface area contributed by atoms with Crippen LogP contribution in [0.4, 0.5) is 5.69 Å². The molecule has 0 bridgehead atoms. The van der Waals surface area contributed by atoms with Gasteiger partial charge in [0.15, 0.2) is 15.7 Å². The van der Waals surface area contributed by atoms with Crippen molar-refractivity contribution in [3.05, 3.63) is 23.8 Å². The summed E-state index contributed by atoms with van der Waals surface area (Å²) >= 11 is 0.